The van der Waals surface area contributed by atoms with Crippen LogP contribution in [0, 0.1) is 5.92 Å². The summed E-state index contributed by atoms with van der Waals surface area (Å²) in [5.41, 5.74) is 0.893. The lowest BCUT2D eigenvalue weighted by molar-refractivity contribution is 0.0633. The maximum absolute atomic E-state index is 12.4. The van der Waals surface area contributed by atoms with E-state index in [2.05, 4.69) is 46.4 Å². The van der Waals surface area contributed by atoms with Crippen LogP contribution < -0.4 is 5.69 Å². The Morgan fingerprint density at radius 1 is 1.36 bits per heavy atom. The lowest BCUT2D eigenvalue weighted by Gasteiger charge is -2.38. The zero-order chi connectivity index (χ0) is 15.5. The van der Waals surface area contributed by atoms with Gasteiger partial charge in [-0.3, -0.25) is 9.78 Å². The first-order chi connectivity index (χ1) is 10.7. The van der Waals surface area contributed by atoms with Crippen LogP contribution in [0.2, 0.25) is 0 Å². The van der Waals surface area contributed by atoms with Crippen molar-refractivity contribution in [1.29, 1.82) is 0 Å². The van der Waals surface area contributed by atoms with Gasteiger partial charge in [-0.15, -0.1) is 5.10 Å². The molecule has 2 N–H and O–H groups in total. The van der Waals surface area contributed by atoms with Crippen LogP contribution in [0.25, 0.3) is 0 Å². The van der Waals surface area contributed by atoms with Crippen LogP contribution in [-0.2, 0) is 0 Å². The van der Waals surface area contributed by atoms with Gasteiger partial charge in [-0.1, -0.05) is 43.7 Å². The van der Waals surface area contributed by atoms with Crippen molar-refractivity contribution in [2.75, 3.05) is 13.1 Å². The number of piperidine rings is 1. The minimum absolute atomic E-state index is 0.0954. The zero-order valence-electron chi connectivity index (χ0n) is 12.6. The molecular weight excluding hydrogens is 280 g/mol. The number of nitrogens with one attached hydrogen (secondary N) is 2. The number of nitrogens with zero attached hydrogens (tertiary/aromatic N) is 2. The molecule has 116 valence electrons. The number of hydrogen-bond donors (Lipinski definition) is 2. The molecule has 1 fully saturated rings. The number of benzene rings is 1. The highest BCUT2D eigenvalue weighted by Gasteiger charge is 2.32. The molecule has 0 spiro atoms. The van der Waals surface area contributed by atoms with E-state index in [1.165, 1.54) is 5.56 Å². The van der Waals surface area contributed by atoms with Gasteiger partial charge in [-0.2, -0.15) is 0 Å². The highest BCUT2D eigenvalue weighted by molar-refractivity contribution is 5.90. The number of amides is 1. The van der Waals surface area contributed by atoms with Crippen LogP contribution in [0.15, 0.2) is 35.1 Å². The van der Waals surface area contributed by atoms with E-state index in [4.69, 9.17) is 0 Å². The lowest BCUT2D eigenvalue weighted by atomic mass is 9.79. The Morgan fingerprint density at radius 3 is 2.77 bits per heavy atom. The first-order valence-corrected chi connectivity index (χ1v) is 7.68. The number of rotatable bonds is 3. The predicted octanol–water partition coefficient (Wildman–Crippen LogP) is 1.75. The quantitative estimate of drug-likeness (QED) is 0.906. The summed E-state index contributed by atoms with van der Waals surface area (Å²) in [7, 11) is 0. The van der Waals surface area contributed by atoms with Crippen molar-refractivity contribution in [2.45, 2.75) is 25.7 Å². The molecule has 0 radical (unpaired) electrons. The summed E-state index contributed by atoms with van der Waals surface area (Å²) in [5, 5.41) is 5.97. The number of likely N-dealkylation sites (tertiary alicyclic amines) is 1. The second-order valence-corrected chi connectivity index (χ2v) is 5.75. The van der Waals surface area contributed by atoms with Gasteiger partial charge in [-0.25, -0.2) is 9.89 Å². The smallest absolute Gasteiger partial charge is 0.336 e. The minimum atomic E-state index is -0.449. The molecule has 0 bridgehead atoms. The van der Waals surface area contributed by atoms with Crippen LogP contribution in [0.1, 0.15) is 41.9 Å². The van der Waals surface area contributed by atoms with Gasteiger partial charge in [0.05, 0.1) is 0 Å². The van der Waals surface area contributed by atoms with Gasteiger partial charge in [0.1, 0.15) is 0 Å². The Balaban J connectivity index is 1.75. The zero-order valence-corrected chi connectivity index (χ0v) is 12.6. The summed E-state index contributed by atoms with van der Waals surface area (Å²) in [6.45, 7) is 3.54. The molecule has 0 aliphatic carbocycles. The molecule has 1 saturated heterocycles. The third kappa shape index (κ3) is 2.81. The summed E-state index contributed by atoms with van der Waals surface area (Å²) in [5.74, 6) is 0.792. The average molecular weight is 300 g/mol. The summed E-state index contributed by atoms with van der Waals surface area (Å²) in [6.07, 6.45) is 1.95. The Morgan fingerprint density at radius 2 is 2.14 bits per heavy atom. The van der Waals surface area contributed by atoms with Crippen LogP contribution in [0.5, 0.6) is 0 Å². The Hall–Kier alpha value is -2.37. The topological polar surface area (TPSA) is 81.8 Å². The largest absolute Gasteiger partial charge is 0.341 e. The van der Waals surface area contributed by atoms with Crippen LogP contribution in [0.4, 0.5) is 0 Å². The third-order valence-corrected chi connectivity index (χ3v) is 4.48. The molecule has 3 rings (SSSR count). The van der Waals surface area contributed by atoms with Crippen molar-refractivity contribution in [3.63, 3.8) is 0 Å². The Labute approximate surface area is 128 Å². The summed E-state index contributed by atoms with van der Waals surface area (Å²) < 4.78 is 0. The van der Waals surface area contributed by atoms with Crippen LogP contribution in [-0.4, -0.2) is 39.1 Å². The van der Waals surface area contributed by atoms with Gasteiger partial charge < -0.3 is 4.90 Å². The van der Waals surface area contributed by atoms with E-state index in [1.807, 2.05) is 6.07 Å². The standard InChI is InChI=1S/C16H20N4O2/c1-2-11-10-20(15(21)14-17-16(22)19-18-14)9-8-13(11)12-6-4-3-5-7-12/h3-7,11,13H,2,8-10H2,1H3,(H2,17,18,19,22). The van der Waals surface area contributed by atoms with Crippen molar-refractivity contribution in [3.05, 3.63) is 52.2 Å². The maximum Gasteiger partial charge on any atom is 0.341 e. The van der Waals surface area contributed by atoms with Gasteiger partial charge in [-0.05, 0) is 23.8 Å². The van der Waals surface area contributed by atoms with Crippen molar-refractivity contribution >= 4 is 5.91 Å². The minimum Gasteiger partial charge on any atom is -0.336 e. The molecule has 1 amide bonds. The molecule has 2 aromatic rings. The average Bonchev–Trinajstić information content (AvgIpc) is 3.01. The third-order valence-electron chi connectivity index (χ3n) is 4.48. The van der Waals surface area contributed by atoms with E-state index < -0.39 is 5.69 Å². The fraction of sp³-hybridized carbons (Fsp3) is 0.438. The predicted molar refractivity (Wildman–Crippen MR) is 82.7 cm³/mol. The molecule has 1 aromatic carbocycles. The fourth-order valence-corrected chi connectivity index (χ4v) is 3.29. The van der Waals surface area contributed by atoms with Gasteiger partial charge >= 0.3 is 5.69 Å². The molecule has 22 heavy (non-hydrogen) atoms. The van der Waals surface area contributed by atoms with Crippen LogP contribution in [0.3, 0.4) is 0 Å². The number of carbonyl (C=O) groups is 1. The van der Waals surface area contributed by atoms with Crippen LogP contribution >= 0.6 is 0 Å². The van der Waals surface area contributed by atoms with Gasteiger partial charge in [0.15, 0.2) is 0 Å². The van der Waals surface area contributed by atoms with E-state index >= 15 is 0 Å². The van der Waals surface area contributed by atoms with Crippen molar-refractivity contribution in [1.82, 2.24) is 20.1 Å². The number of aromatic amines is 2. The molecule has 2 atom stereocenters. The molecule has 6 heteroatoms. The summed E-state index contributed by atoms with van der Waals surface area (Å²) in [4.78, 5) is 27.7. The number of aromatic nitrogens is 3. The molecule has 1 aromatic heterocycles. The molecular formula is C16H20N4O2. The van der Waals surface area contributed by atoms with Gasteiger partial charge in [0.25, 0.3) is 5.91 Å². The Bertz CT molecular complexity index is 691. The normalized spacial score (nSPS) is 21.8. The van der Waals surface area contributed by atoms with Gasteiger partial charge in [0, 0.05) is 13.1 Å². The van der Waals surface area contributed by atoms with E-state index in [9.17, 15) is 9.59 Å². The van der Waals surface area contributed by atoms with E-state index in [0.29, 0.717) is 24.9 Å². The van der Waals surface area contributed by atoms with E-state index in [1.54, 1.807) is 4.90 Å². The first kappa shape index (κ1) is 14.6. The number of hydrogen-bond acceptors (Lipinski definition) is 3. The Kier molecular flexibility index (Phi) is 4.09. The van der Waals surface area contributed by atoms with Crippen molar-refractivity contribution in [2.24, 2.45) is 5.92 Å². The molecule has 6 nitrogen and oxygen atoms in total. The summed E-state index contributed by atoms with van der Waals surface area (Å²) in [6, 6.07) is 10.5. The number of H-pyrrole nitrogens is 2. The highest BCUT2D eigenvalue weighted by atomic mass is 16.2. The van der Waals surface area contributed by atoms with Crippen molar-refractivity contribution < 1.29 is 4.79 Å². The van der Waals surface area contributed by atoms with Crippen molar-refractivity contribution in [3.8, 4) is 0 Å². The molecule has 0 saturated carbocycles. The monoisotopic (exact) mass is 300 g/mol. The molecule has 2 heterocycles. The van der Waals surface area contributed by atoms with E-state index in [0.717, 1.165) is 12.8 Å². The number of carbonyl (C=O) groups excluding carboxylic acids is 1. The molecule has 1 aliphatic heterocycles. The second-order valence-electron chi connectivity index (χ2n) is 5.75. The molecule has 2 unspecified atom stereocenters. The maximum atomic E-state index is 12.4. The highest BCUT2D eigenvalue weighted by Crippen LogP contribution is 2.35. The first-order valence-electron chi connectivity index (χ1n) is 7.68. The van der Waals surface area contributed by atoms with Gasteiger partial charge in [0.2, 0.25) is 5.82 Å². The SMILES string of the molecule is CCC1CN(C(=O)c2n[nH]c(=O)[nH]2)CCC1c1ccccc1. The second kappa shape index (κ2) is 6.17. The summed E-state index contributed by atoms with van der Waals surface area (Å²) >= 11 is 0. The van der Waals surface area contributed by atoms with E-state index in [-0.39, 0.29) is 11.7 Å². The lowest BCUT2D eigenvalue weighted by Crippen LogP contribution is -2.43. The molecule has 1 aliphatic rings. The fourth-order valence-electron chi connectivity index (χ4n) is 3.29.